The fraction of sp³-hybridized carbons (Fsp3) is 0.179. The van der Waals surface area contributed by atoms with Crippen molar-refractivity contribution in [2.75, 3.05) is 18.0 Å². The van der Waals surface area contributed by atoms with Crippen molar-refractivity contribution < 1.29 is 9.59 Å². The van der Waals surface area contributed by atoms with Crippen molar-refractivity contribution in [2.24, 2.45) is 4.99 Å². The lowest BCUT2D eigenvalue weighted by atomic mass is 10.1. The van der Waals surface area contributed by atoms with Crippen LogP contribution >= 0.6 is 23.5 Å². The molecule has 0 aliphatic carbocycles. The Bertz CT molecular complexity index is 1330. The summed E-state index contributed by atoms with van der Waals surface area (Å²) in [5.74, 6) is 0.00223. The maximum atomic E-state index is 13.8. The molecule has 0 aromatic heterocycles. The molecule has 2 heterocycles. The van der Waals surface area contributed by atoms with Gasteiger partial charge in [-0.3, -0.25) is 14.5 Å². The van der Waals surface area contributed by atoms with Gasteiger partial charge in [0.15, 0.2) is 11.0 Å². The first kappa shape index (κ1) is 23.5. The quantitative estimate of drug-likeness (QED) is 0.286. The maximum absolute atomic E-state index is 13.8. The van der Waals surface area contributed by atoms with E-state index in [1.165, 1.54) is 17.3 Å². The van der Waals surface area contributed by atoms with Crippen LogP contribution in [0.25, 0.3) is 0 Å². The zero-order valence-electron chi connectivity index (χ0n) is 19.6. The first-order chi connectivity index (χ1) is 17.0. The molecule has 3 aromatic rings. The Morgan fingerprint density at radius 1 is 0.886 bits per heavy atom. The standard InChI is InChI=1S/C28H25N3O2S2/c1-3-30-23-11-7-8-12-24(23)34-27(30)25-26(33)31(18-17-20-9-5-4-6-10-20)28(35-25)29-22-15-13-21(14-16-22)19(2)32/h4-16H,3,17-18H2,1-2H3. The summed E-state index contributed by atoms with van der Waals surface area (Å²) in [6.45, 7) is 4.97. The number of carbonyl (C=O) groups excluding carboxylic acids is 2. The summed E-state index contributed by atoms with van der Waals surface area (Å²) >= 11 is 3.08. The molecular formula is C28H25N3O2S2. The van der Waals surface area contributed by atoms with E-state index in [0.29, 0.717) is 22.2 Å². The fourth-order valence-corrected chi connectivity index (χ4v) is 6.52. The number of benzene rings is 3. The normalized spacial score (nSPS) is 18.5. The van der Waals surface area contributed by atoms with Crippen molar-refractivity contribution in [2.45, 2.75) is 25.2 Å². The minimum Gasteiger partial charge on any atom is -0.334 e. The first-order valence-electron chi connectivity index (χ1n) is 11.6. The van der Waals surface area contributed by atoms with Crippen LogP contribution in [0.3, 0.4) is 0 Å². The predicted octanol–water partition coefficient (Wildman–Crippen LogP) is 6.50. The van der Waals surface area contributed by atoms with Crippen LogP contribution in [0.1, 0.15) is 29.8 Å². The smallest absolute Gasteiger partial charge is 0.269 e. The zero-order chi connectivity index (χ0) is 24.4. The minimum absolute atomic E-state index is 0.0150. The van der Waals surface area contributed by atoms with Crippen LogP contribution < -0.4 is 4.90 Å². The highest BCUT2D eigenvalue weighted by molar-refractivity contribution is 8.19. The molecule has 7 heteroatoms. The zero-order valence-corrected chi connectivity index (χ0v) is 21.2. The molecule has 176 valence electrons. The van der Waals surface area contributed by atoms with Gasteiger partial charge in [0.1, 0.15) is 9.93 Å². The Morgan fingerprint density at radius 2 is 1.60 bits per heavy atom. The summed E-state index contributed by atoms with van der Waals surface area (Å²) in [5, 5.41) is 1.63. The van der Waals surface area contributed by atoms with Gasteiger partial charge >= 0.3 is 0 Å². The van der Waals surface area contributed by atoms with Crippen molar-refractivity contribution in [3.05, 3.63) is 99.9 Å². The van der Waals surface area contributed by atoms with Crippen molar-refractivity contribution in [1.29, 1.82) is 0 Å². The largest absolute Gasteiger partial charge is 0.334 e. The molecule has 5 rings (SSSR count). The summed E-state index contributed by atoms with van der Waals surface area (Å²) in [6.07, 6.45) is 0.739. The van der Waals surface area contributed by atoms with Gasteiger partial charge in [0.2, 0.25) is 0 Å². The van der Waals surface area contributed by atoms with E-state index in [9.17, 15) is 9.59 Å². The Balaban J connectivity index is 1.50. The van der Waals surface area contributed by atoms with Crippen molar-refractivity contribution in [3.8, 4) is 0 Å². The lowest BCUT2D eigenvalue weighted by molar-refractivity contribution is -0.122. The van der Waals surface area contributed by atoms with Gasteiger partial charge in [-0.25, -0.2) is 4.99 Å². The van der Waals surface area contributed by atoms with Crippen molar-refractivity contribution >= 4 is 51.8 Å². The number of amidine groups is 1. The second kappa shape index (κ2) is 10.1. The number of nitrogens with zero attached hydrogens (tertiary/aromatic N) is 3. The van der Waals surface area contributed by atoms with Crippen molar-refractivity contribution in [3.63, 3.8) is 0 Å². The topological polar surface area (TPSA) is 53.0 Å². The van der Waals surface area contributed by atoms with E-state index >= 15 is 0 Å². The van der Waals surface area contributed by atoms with Gasteiger partial charge in [0.25, 0.3) is 5.91 Å². The fourth-order valence-electron chi connectivity index (χ4n) is 4.10. The Hall–Kier alpha value is -3.29. The highest BCUT2D eigenvalue weighted by Crippen LogP contribution is 2.50. The molecule has 1 saturated heterocycles. The molecule has 35 heavy (non-hydrogen) atoms. The third-order valence-electron chi connectivity index (χ3n) is 5.95. The molecule has 1 fully saturated rings. The second-order valence-corrected chi connectivity index (χ2v) is 10.2. The van der Waals surface area contributed by atoms with Gasteiger partial charge in [-0.1, -0.05) is 54.2 Å². The van der Waals surface area contributed by atoms with E-state index in [0.717, 1.165) is 34.3 Å². The molecule has 0 N–H and O–H groups in total. The van der Waals surface area contributed by atoms with Crippen molar-refractivity contribution in [1.82, 2.24) is 4.90 Å². The molecule has 5 nitrogen and oxygen atoms in total. The highest BCUT2D eigenvalue weighted by Gasteiger charge is 2.39. The first-order valence-corrected chi connectivity index (χ1v) is 13.2. The van der Waals surface area contributed by atoms with Gasteiger partial charge in [0, 0.05) is 23.5 Å². The number of anilines is 1. The van der Waals surface area contributed by atoms with Gasteiger partial charge in [0.05, 0.1) is 11.4 Å². The monoisotopic (exact) mass is 499 g/mol. The number of hydrogen-bond acceptors (Lipinski definition) is 6. The van der Waals surface area contributed by atoms with Crippen LogP contribution in [-0.4, -0.2) is 34.8 Å². The van der Waals surface area contributed by atoms with E-state index < -0.39 is 0 Å². The van der Waals surface area contributed by atoms with Gasteiger partial charge in [-0.15, -0.1) is 0 Å². The predicted molar refractivity (Wildman–Crippen MR) is 145 cm³/mol. The lowest BCUT2D eigenvalue weighted by Gasteiger charge is -2.19. The molecular weight excluding hydrogens is 474 g/mol. The number of amides is 1. The SMILES string of the molecule is CCN1C(=C2SC(=Nc3ccc(C(C)=O)cc3)N(CCc3ccccc3)C2=O)Sc2ccccc21. The molecule has 3 aromatic carbocycles. The van der Waals surface area contributed by atoms with Gasteiger partial charge in [-0.05, 0) is 74.0 Å². The van der Waals surface area contributed by atoms with Crippen LogP contribution in [0.4, 0.5) is 11.4 Å². The summed E-state index contributed by atoms with van der Waals surface area (Å²) in [4.78, 5) is 36.1. The van der Waals surface area contributed by atoms with Crippen LogP contribution in [0, 0.1) is 0 Å². The maximum Gasteiger partial charge on any atom is 0.269 e. The molecule has 0 bridgehead atoms. The van der Waals surface area contributed by atoms with Crippen LogP contribution in [0.5, 0.6) is 0 Å². The van der Waals surface area contributed by atoms with Gasteiger partial charge in [-0.2, -0.15) is 0 Å². The van der Waals surface area contributed by atoms with Crippen LogP contribution in [-0.2, 0) is 11.2 Å². The molecule has 2 aliphatic rings. The molecule has 0 saturated carbocycles. The molecule has 0 spiro atoms. The third-order valence-corrected chi connectivity index (χ3v) is 8.33. The molecule has 2 aliphatic heterocycles. The van der Waals surface area contributed by atoms with E-state index in [1.54, 1.807) is 35.7 Å². The minimum atomic E-state index is -0.0150. The molecule has 0 atom stereocenters. The Morgan fingerprint density at radius 3 is 2.31 bits per heavy atom. The number of carbonyl (C=O) groups is 2. The number of ketones is 1. The summed E-state index contributed by atoms with van der Waals surface area (Å²) in [5.41, 5.74) is 3.67. The number of para-hydroxylation sites is 1. The molecule has 1 amide bonds. The van der Waals surface area contributed by atoms with E-state index in [1.807, 2.05) is 42.5 Å². The number of aliphatic imine (C=N–C) groups is 1. The van der Waals surface area contributed by atoms with Gasteiger partial charge < -0.3 is 4.90 Å². The number of fused-ring (bicyclic) bond motifs is 1. The lowest BCUT2D eigenvalue weighted by Crippen LogP contribution is -2.32. The van der Waals surface area contributed by atoms with E-state index in [2.05, 4.69) is 36.1 Å². The Kier molecular flexibility index (Phi) is 6.79. The number of Topliss-reactive ketones (excluding diaryl/α,β-unsaturated/α-hetero) is 1. The summed E-state index contributed by atoms with van der Waals surface area (Å²) < 4.78 is 0. The Labute approximate surface area is 213 Å². The van der Waals surface area contributed by atoms with Crippen LogP contribution in [0.15, 0.2) is 98.7 Å². The average Bonchev–Trinajstić information content (AvgIpc) is 3.40. The summed E-state index contributed by atoms with van der Waals surface area (Å²) in [7, 11) is 0. The second-order valence-electron chi connectivity index (χ2n) is 8.24. The average molecular weight is 500 g/mol. The number of thioether (sulfide) groups is 2. The third kappa shape index (κ3) is 4.79. The van der Waals surface area contributed by atoms with E-state index in [-0.39, 0.29) is 11.7 Å². The number of hydrogen-bond donors (Lipinski definition) is 0. The van der Waals surface area contributed by atoms with E-state index in [4.69, 9.17) is 4.99 Å². The molecule has 0 radical (unpaired) electrons. The van der Waals surface area contributed by atoms with Crippen LogP contribution in [0.2, 0.25) is 0 Å². The molecule has 0 unspecified atom stereocenters. The highest BCUT2D eigenvalue weighted by atomic mass is 32.2. The summed E-state index contributed by atoms with van der Waals surface area (Å²) in [6, 6.07) is 25.6. The number of rotatable bonds is 6.